The number of methoxy groups -OCH3 is 1. The van der Waals surface area contributed by atoms with Crippen LogP contribution >= 0.6 is 0 Å². The Hall–Kier alpha value is -4.30. The van der Waals surface area contributed by atoms with Gasteiger partial charge in [-0.3, -0.25) is 4.79 Å². The van der Waals surface area contributed by atoms with E-state index in [9.17, 15) is 10.1 Å². The summed E-state index contributed by atoms with van der Waals surface area (Å²) < 4.78 is 11.7. The van der Waals surface area contributed by atoms with Crippen LogP contribution in [0.5, 0.6) is 11.5 Å². The number of carbonyl (C=O) groups is 1. The summed E-state index contributed by atoms with van der Waals surface area (Å²) in [6.07, 6.45) is 2.75. The van der Waals surface area contributed by atoms with Gasteiger partial charge in [0, 0.05) is 29.8 Å². The minimum absolute atomic E-state index is 0.0553. The number of benzene rings is 3. The van der Waals surface area contributed by atoms with Crippen molar-refractivity contribution in [1.29, 1.82) is 5.26 Å². The maximum atomic E-state index is 12.6. The summed E-state index contributed by atoms with van der Waals surface area (Å²) in [5.74, 6) is 1.47. The molecule has 5 nitrogen and oxygen atoms in total. The molecule has 174 valence electrons. The maximum absolute atomic E-state index is 12.6. The summed E-state index contributed by atoms with van der Waals surface area (Å²) in [4.78, 5) is 12.6. The summed E-state index contributed by atoms with van der Waals surface area (Å²) >= 11 is 0. The van der Waals surface area contributed by atoms with E-state index in [-0.39, 0.29) is 17.6 Å². The number of aryl methyl sites for hydroxylation is 1. The highest BCUT2D eigenvalue weighted by Gasteiger charge is 2.33. The van der Waals surface area contributed by atoms with Gasteiger partial charge in [0.1, 0.15) is 23.1 Å². The van der Waals surface area contributed by atoms with Gasteiger partial charge in [-0.05, 0) is 36.5 Å². The van der Waals surface area contributed by atoms with Gasteiger partial charge >= 0.3 is 0 Å². The minimum Gasteiger partial charge on any atom is -0.497 e. The maximum Gasteiger partial charge on any atom is 0.212 e. The number of carbonyl (C=O) groups excluding carboxylic acids is 1. The van der Waals surface area contributed by atoms with Crippen molar-refractivity contribution in [3.05, 3.63) is 118 Å². The molecule has 5 heteroatoms. The first-order valence-corrected chi connectivity index (χ1v) is 11.7. The van der Waals surface area contributed by atoms with Crippen LogP contribution in [0.3, 0.4) is 0 Å². The molecular weight excluding hydrogens is 436 g/mol. The van der Waals surface area contributed by atoms with Crippen molar-refractivity contribution in [1.82, 2.24) is 5.32 Å². The Labute approximate surface area is 205 Å². The molecule has 35 heavy (non-hydrogen) atoms. The van der Waals surface area contributed by atoms with E-state index < -0.39 is 0 Å². The quantitative estimate of drug-likeness (QED) is 0.512. The molecule has 1 heterocycles. The molecule has 0 bridgehead atoms. The standard InChI is InChI=1S/C30H26N2O3/c1-19-8-10-21(11-9-19)29-26-13-12-25(34-2)17-28(26)35-30(27(29)18-31)32-23-14-22(15-24(33)16-23)20-6-4-3-5-7-20/h3-13,16-17,22,29,32H,14-15H2,1-2H3. The predicted molar refractivity (Wildman–Crippen MR) is 134 cm³/mol. The van der Waals surface area contributed by atoms with Gasteiger partial charge in [-0.1, -0.05) is 66.2 Å². The number of hydrogen-bond donors (Lipinski definition) is 1. The molecule has 0 aromatic heterocycles. The first kappa shape index (κ1) is 22.5. The number of allylic oxidation sites excluding steroid dienone is 3. The lowest BCUT2D eigenvalue weighted by Gasteiger charge is -2.30. The number of ether oxygens (including phenoxy) is 2. The summed E-state index contributed by atoms with van der Waals surface area (Å²) in [6.45, 7) is 2.04. The highest BCUT2D eigenvalue weighted by atomic mass is 16.5. The van der Waals surface area contributed by atoms with E-state index >= 15 is 0 Å². The van der Waals surface area contributed by atoms with Crippen LogP contribution in [0.1, 0.15) is 46.9 Å². The molecule has 2 unspecified atom stereocenters. The zero-order chi connectivity index (χ0) is 24.4. The molecule has 0 amide bonds. The lowest BCUT2D eigenvalue weighted by atomic mass is 9.83. The van der Waals surface area contributed by atoms with Crippen molar-refractivity contribution >= 4 is 5.78 Å². The number of nitrogens with zero attached hydrogens (tertiary/aromatic N) is 1. The van der Waals surface area contributed by atoms with E-state index in [1.54, 1.807) is 13.2 Å². The zero-order valence-corrected chi connectivity index (χ0v) is 19.7. The molecule has 3 aromatic rings. The van der Waals surface area contributed by atoms with E-state index in [0.717, 1.165) is 28.0 Å². The van der Waals surface area contributed by atoms with E-state index in [0.29, 0.717) is 35.8 Å². The molecule has 0 saturated carbocycles. The second kappa shape index (κ2) is 9.52. The van der Waals surface area contributed by atoms with Gasteiger partial charge in [0.05, 0.1) is 13.0 Å². The van der Waals surface area contributed by atoms with Gasteiger partial charge in [0.25, 0.3) is 0 Å². The van der Waals surface area contributed by atoms with Crippen LogP contribution in [0.4, 0.5) is 0 Å². The Morgan fingerprint density at radius 2 is 1.77 bits per heavy atom. The fourth-order valence-electron chi connectivity index (χ4n) is 4.82. The van der Waals surface area contributed by atoms with E-state index in [4.69, 9.17) is 9.47 Å². The van der Waals surface area contributed by atoms with Crippen molar-refractivity contribution < 1.29 is 14.3 Å². The molecule has 5 rings (SSSR count). The number of hydrogen-bond acceptors (Lipinski definition) is 5. The average molecular weight is 463 g/mol. The Bertz CT molecular complexity index is 1360. The molecule has 1 N–H and O–H groups in total. The van der Waals surface area contributed by atoms with Crippen molar-refractivity contribution in [3.8, 4) is 17.6 Å². The average Bonchev–Trinajstić information content (AvgIpc) is 2.88. The van der Waals surface area contributed by atoms with Crippen molar-refractivity contribution in [2.45, 2.75) is 31.6 Å². The van der Waals surface area contributed by atoms with Crippen LogP contribution < -0.4 is 14.8 Å². The number of ketones is 1. The summed E-state index contributed by atoms with van der Waals surface area (Å²) in [5.41, 5.74) is 5.38. The number of rotatable bonds is 5. The molecule has 2 aliphatic rings. The van der Waals surface area contributed by atoms with Gasteiger partial charge in [-0.15, -0.1) is 0 Å². The monoisotopic (exact) mass is 462 g/mol. The molecule has 0 fully saturated rings. The summed E-state index contributed by atoms with van der Waals surface area (Å²) in [6, 6.07) is 26.3. The van der Waals surface area contributed by atoms with E-state index in [1.165, 1.54) is 0 Å². The molecule has 2 atom stereocenters. The first-order chi connectivity index (χ1) is 17.1. The Kier molecular flexibility index (Phi) is 6.12. The lowest BCUT2D eigenvalue weighted by molar-refractivity contribution is -0.115. The second-order valence-electron chi connectivity index (χ2n) is 8.98. The molecule has 0 saturated heterocycles. The fourth-order valence-corrected chi connectivity index (χ4v) is 4.82. The normalized spacial score (nSPS) is 19.2. The highest BCUT2D eigenvalue weighted by Crippen LogP contribution is 2.44. The molecule has 1 aliphatic heterocycles. The fraction of sp³-hybridized carbons (Fsp3) is 0.200. The summed E-state index contributed by atoms with van der Waals surface area (Å²) in [7, 11) is 1.61. The van der Waals surface area contributed by atoms with Crippen molar-refractivity contribution in [2.24, 2.45) is 0 Å². The SMILES string of the molecule is COc1ccc2c(c1)OC(NC1=CC(=O)CC(c3ccccc3)C1)=C(C#N)C2c1ccc(C)cc1. The topological polar surface area (TPSA) is 71.3 Å². The zero-order valence-electron chi connectivity index (χ0n) is 19.7. The van der Waals surface area contributed by atoms with Gasteiger partial charge in [-0.25, -0.2) is 0 Å². The Morgan fingerprint density at radius 1 is 1.00 bits per heavy atom. The van der Waals surface area contributed by atoms with Crippen LogP contribution in [0.2, 0.25) is 0 Å². The second-order valence-corrected chi connectivity index (χ2v) is 8.98. The minimum atomic E-state index is -0.303. The van der Waals surface area contributed by atoms with Crippen LogP contribution in [-0.2, 0) is 4.79 Å². The van der Waals surface area contributed by atoms with Crippen LogP contribution in [-0.4, -0.2) is 12.9 Å². The van der Waals surface area contributed by atoms with Crippen LogP contribution in [0, 0.1) is 18.3 Å². The first-order valence-electron chi connectivity index (χ1n) is 11.7. The Morgan fingerprint density at radius 3 is 2.49 bits per heavy atom. The molecule has 0 radical (unpaired) electrons. The third kappa shape index (κ3) is 4.56. The summed E-state index contributed by atoms with van der Waals surface area (Å²) in [5, 5.41) is 13.6. The number of nitrogens with one attached hydrogen (secondary N) is 1. The third-order valence-corrected chi connectivity index (χ3v) is 6.60. The van der Waals surface area contributed by atoms with Gasteiger partial charge in [0.15, 0.2) is 5.78 Å². The van der Waals surface area contributed by atoms with E-state index in [1.807, 2.05) is 79.7 Å². The molecule has 1 aliphatic carbocycles. The number of fused-ring (bicyclic) bond motifs is 1. The van der Waals surface area contributed by atoms with Gasteiger partial charge in [-0.2, -0.15) is 5.26 Å². The van der Waals surface area contributed by atoms with Crippen molar-refractivity contribution in [3.63, 3.8) is 0 Å². The largest absolute Gasteiger partial charge is 0.497 e. The van der Waals surface area contributed by atoms with Crippen molar-refractivity contribution in [2.75, 3.05) is 7.11 Å². The van der Waals surface area contributed by atoms with Crippen LogP contribution in [0.25, 0.3) is 0 Å². The van der Waals surface area contributed by atoms with Gasteiger partial charge < -0.3 is 14.8 Å². The molecule has 0 spiro atoms. The molecule has 3 aromatic carbocycles. The Balaban J connectivity index is 1.54. The highest BCUT2D eigenvalue weighted by molar-refractivity contribution is 5.92. The molecular formula is C30H26N2O3. The smallest absolute Gasteiger partial charge is 0.212 e. The van der Waals surface area contributed by atoms with Crippen LogP contribution in [0.15, 0.2) is 96.0 Å². The predicted octanol–water partition coefficient (Wildman–Crippen LogP) is 5.88. The number of nitriles is 1. The van der Waals surface area contributed by atoms with E-state index in [2.05, 4.69) is 11.4 Å². The third-order valence-electron chi connectivity index (χ3n) is 6.60. The van der Waals surface area contributed by atoms with Gasteiger partial charge in [0.2, 0.25) is 5.88 Å². The lowest BCUT2D eigenvalue weighted by Crippen LogP contribution is -2.28.